The van der Waals surface area contributed by atoms with E-state index in [2.05, 4.69) is 4.74 Å². The predicted molar refractivity (Wildman–Crippen MR) is 63.1 cm³/mol. The van der Waals surface area contributed by atoms with E-state index in [1.807, 2.05) is 6.07 Å². The minimum Gasteiger partial charge on any atom is -0.465 e. The zero-order chi connectivity index (χ0) is 12.7. The molecule has 1 rings (SSSR count). The summed E-state index contributed by atoms with van der Waals surface area (Å²) in [7, 11) is 1.27. The largest absolute Gasteiger partial charge is 0.465 e. The molecule has 0 radical (unpaired) electrons. The molecule has 0 bridgehead atoms. The van der Waals surface area contributed by atoms with Gasteiger partial charge in [0.1, 0.15) is 0 Å². The monoisotopic (exact) mass is 234 g/mol. The molecule has 0 N–H and O–H groups in total. The molecule has 17 heavy (non-hydrogen) atoms. The van der Waals surface area contributed by atoms with Gasteiger partial charge in [-0.1, -0.05) is 30.3 Å². The number of esters is 2. The van der Waals surface area contributed by atoms with E-state index in [0.717, 1.165) is 6.08 Å². The fourth-order valence-electron chi connectivity index (χ4n) is 1.29. The number of carbonyl (C=O) groups excluding carboxylic acids is 2. The van der Waals surface area contributed by atoms with Gasteiger partial charge in [0, 0.05) is 6.08 Å². The van der Waals surface area contributed by atoms with E-state index < -0.39 is 11.9 Å². The Morgan fingerprint density at radius 1 is 1.24 bits per heavy atom. The van der Waals surface area contributed by atoms with Crippen LogP contribution in [0.4, 0.5) is 0 Å². The SMILES string of the molecule is CCOC(=O)C=C(C(=O)OC)c1ccccc1. The number of methoxy groups -OCH3 is 1. The van der Waals surface area contributed by atoms with Gasteiger partial charge in [0.25, 0.3) is 0 Å². The topological polar surface area (TPSA) is 52.6 Å². The number of carbonyl (C=O) groups is 2. The van der Waals surface area contributed by atoms with Crippen LogP contribution in [0.15, 0.2) is 36.4 Å². The molecule has 0 aliphatic carbocycles. The van der Waals surface area contributed by atoms with Crippen LogP contribution < -0.4 is 0 Å². The third-order valence-corrected chi connectivity index (χ3v) is 2.04. The molecule has 0 heterocycles. The zero-order valence-corrected chi connectivity index (χ0v) is 9.80. The molecule has 0 saturated carbocycles. The standard InChI is InChI=1S/C13H14O4/c1-3-17-12(14)9-11(13(15)16-2)10-7-5-4-6-8-10/h4-9H,3H2,1-2H3. The van der Waals surface area contributed by atoms with Crippen molar-refractivity contribution >= 4 is 17.5 Å². The van der Waals surface area contributed by atoms with Crippen LogP contribution in [0.25, 0.3) is 5.57 Å². The fraction of sp³-hybridized carbons (Fsp3) is 0.231. The van der Waals surface area contributed by atoms with E-state index >= 15 is 0 Å². The van der Waals surface area contributed by atoms with E-state index in [-0.39, 0.29) is 12.2 Å². The molecule has 0 unspecified atom stereocenters. The Balaban J connectivity index is 3.05. The van der Waals surface area contributed by atoms with Crippen molar-refractivity contribution in [2.75, 3.05) is 13.7 Å². The van der Waals surface area contributed by atoms with Crippen molar-refractivity contribution in [2.45, 2.75) is 6.92 Å². The van der Waals surface area contributed by atoms with Gasteiger partial charge in [-0.25, -0.2) is 9.59 Å². The van der Waals surface area contributed by atoms with Gasteiger partial charge < -0.3 is 9.47 Å². The molecule has 90 valence electrons. The highest BCUT2D eigenvalue weighted by Gasteiger charge is 2.14. The number of ether oxygens (including phenoxy) is 2. The highest BCUT2D eigenvalue weighted by Crippen LogP contribution is 2.15. The van der Waals surface area contributed by atoms with Crippen LogP contribution in [-0.2, 0) is 19.1 Å². The van der Waals surface area contributed by atoms with Crippen molar-refractivity contribution in [3.05, 3.63) is 42.0 Å². The smallest absolute Gasteiger partial charge is 0.338 e. The second-order valence-electron chi connectivity index (χ2n) is 3.17. The Hall–Kier alpha value is -2.10. The first-order valence-corrected chi connectivity index (χ1v) is 5.21. The first kappa shape index (κ1) is 13.0. The normalized spacial score (nSPS) is 10.8. The summed E-state index contributed by atoms with van der Waals surface area (Å²) in [6, 6.07) is 8.82. The van der Waals surface area contributed by atoms with Crippen LogP contribution in [0.2, 0.25) is 0 Å². The lowest BCUT2D eigenvalue weighted by molar-refractivity contribution is -0.138. The molecule has 0 amide bonds. The molecule has 1 aromatic rings. The highest BCUT2D eigenvalue weighted by molar-refractivity contribution is 6.20. The average molecular weight is 234 g/mol. The van der Waals surface area contributed by atoms with Crippen LogP contribution in [0.3, 0.4) is 0 Å². The Morgan fingerprint density at radius 3 is 2.41 bits per heavy atom. The van der Waals surface area contributed by atoms with Crippen LogP contribution in [0.5, 0.6) is 0 Å². The Morgan fingerprint density at radius 2 is 1.88 bits per heavy atom. The van der Waals surface area contributed by atoms with Crippen molar-refractivity contribution in [3.8, 4) is 0 Å². The van der Waals surface area contributed by atoms with Gasteiger partial charge >= 0.3 is 11.9 Å². The summed E-state index contributed by atoms with van der Waals surface area (Å²) in [6.45, 7) is 1.96. The van der Waals surface area contributed by atoms with Crippen molar-refractivity contribution in [1.82, 2.24) is 0 Å². The van der Waals surface area contributed by atoms with E-state index in [0.29, 0.717) is 5.56 Å². The first-order chi connectivity index (χ1) is 8.19. The second kappa shape index (κ2) is 6.48. The quantitative estimate of drug-likeness (QED) is 0.589. The van der Waals surface area contributed by atoms with E-state index in [1.165, 1.54) is 7.11 Å². The Bertz CT molecular complexity index is 420. The average Bonchev–Trinajstić information content (AvgIpc) is 2.36. The van der Waals surface area contributed by atoms with Gasteiger partial charge in [-0.2, -0.15) is 0 Å². The third kappa shape index (κ3) is 3.75. The van der Waals surface area contributed by atoms with Crippen LogP contribution in [0.1, 0.15) is 12.5 Å². The fourth-order valence-corrected chi connectivity index (χ4v) is 1.29. The van der Waals surface area contributed by atoms with Gasteiger partial charge in [0.15, 0.2) is 0 Å². The van der Waals surface area contributed by atoms with Crippen LogP contribution >= 0.6 is 0 Å². The number of rotatable bonds is 4. The predicted octanol–water partition coefficient (Wildman–Crippen LogP) is 1.81. The lowest BCUT2D eigenvalue weighted by Gasteiger charge is -2.05. The molecule has 4 heteroatoms. The van der Waals surface area contributed by atoms with Gasteiger partial charge in [-0.3, -0.25) is 0 Å². The number of hydrogen-bond donors (Lipinski definition) is 0. The lowest BCUT2D eigenvalue weighted by atomic mass is 10.1. The van der Waals surface area contributed by atoms with Crippen molar-refractivity contribution in [3.63, 3.8) is 0 Å². The van der Waals surface area contributed by atoms with Crippen molar-refractivity contribution < 1.29 is 19.1 Å². The molecule has 0 spiro atoms. The minimum atomic E-state index is -0.566. The van der Waals surface area contributed by atoms with E-state index in [9.17, 15) is 9.59 Å². The van der Waals surface area contributed by atoms with E-state index in [4.69, 9.17) is 4.74 Å². The summed E-state index contributed by atoms with van der Waals surface area (Å²) in [5, 5.41) is 0. The molecule has 4 nitrogen and oxygen atoms in total. The first-order valence-electron chi connectivity index (χ1n) is 5.21. The summed E-state index contributed by atoms with van der Waals surface area (Å²) in [5.74, 6) is -1.12. The van der Waals surface area contributed by atoms with Crippen molar-refractivity contribution in [1.29, 1.82) is 0 Å². The van der Waals surface area contributed by atoms with Gasteiger partial charge in [0.2, 0.25) is 0 Å². The van der Waals surface area contributed by atoms with Gasteiger partial charge in [-0.05, 0) is 12.5 Å². The maximum Gasteiger partial charge on any atom is 0.338 e. The molecule has 0 fully saturated rings. The molecule has 0 saturated heterocycles. The molecular weight excluding hydrogens is 220 g/mol. The molecule has 0 aliphatic heterocycles. The molecule has 1 aromatic carbocycles. The lowest BCUT2D eigenvalue weighted by Crippen LogP contribution is -2.08. The van der Waals surface area contributed by atoms with Crippen molar-refractivity contribution in [2.24, 2.45) is 0 Å². The van der Waals surface area contributed by atoms with E-state index in [1.54, 1.807) is 31.2 Å². The highest BCUT2D eigenvalue weighted by atomic mass is 16.5. The molecule has 0 aliphatic rings. The summed E-state index contributed by atoms with van der Waals surface area (Å²) in [6.07, 6.45) is 1.14. The maximum absolute atomic E-state index is 11.6. The Labute approximate surface area is 99.8 Å². The summed E-state index contributed by atoms with van der Waals surface area (Å²) < 4.78 is 9.40. The number of benzene rings is 1. The maximum atomic E-state index is 11.6. The van der Waals surface area contributed by atoms with Gasteiger partial charge in [-0.15, -0.1) is 0 Å². The molecule has 0 aromatic heterocycles. The number of hydrogen-bond acceptors (Lipinski definition) is 4. The second-order valence-corrected chi connectivity index (χ2v) is 3.17. The van der Waals surface area contributed by atoms with Crippen LogP contribution in [-0.4, -0.2) is 25.7 Å². The summed E-state index contributed by atoms with van der Waals surface area (Å²) in [4.78, 5) is 22.9. The van der Waals surface area contributed by atoms with Crippen LogP contribution in [0, 0.1) is 0 Å². The molecular formula is C13H14O4. The Kier molecular flexibility index (Phi) is 4.94. The summed E-state index contributed by atoms with van der Waals surface area (Å²) >= 11 is 0. The summed E-state index contributed by atoms with van der Waals surface area (Å²) in [5.41, 5.74) is 0.805. The third-order valence-electron chi connectivity index (χ3n) is 2.04. The molecule has 0 atom stereocenters. The minimum absolute atomic E-state index is 0.187. The van der Waals surface area contributed by atoms with Gasteiger partial charge in [0.05, 0.1) is 19.3 Å². The zero-order valence-electron chi connectivity index (χ0n) is 9.80.